The second-order valence-corrected chi connectivity index (χ2v) is 4.03. The van der Waals surface area contributed by atoms with E-state index in [9.17, 15) is 0 Å². The third-order valence-electron chi connectivity index (χ3n) is 2.58. The summed E-state index contributed by atoms with van der Waals surface area (Å²) in [5.41, 5.74) is 0. The van der Waals surface area contributed by atoms with Gasteiger partial charge < -0.3 is 10.1 Å². The Bertz CT molecular complexity index is 174. The zero-order chi connectivity index (χ0) is 11.5. The van der Waals surface area contributed by atoms with Crippen LogP contribution in [0, 0.1) is 12.3 Å². The highest BCUT2D eigenvalue weighted by molar-refractivity contribution is 4.84. The number of ether oxygens (including phenoxy) is 1. The molecule has 0 aromatic heterocycles. The molecule has 0 aromatic rings. The fourth-order valence-corrected chi connectivity index (χ4v) is 1.60. The van der Waals surface area contributed by atoms with Crippen molar-refractivity contribution in [2.75, 3.05) is 13.7 Å². The van der Waals surface area contributed by atoms with E-state index in [0.29, 0.717) is 12.1 Å². The van der Waals surface area contributed by atoms with Gasteiger partial charge in [-0.2, -0.15) is 0 Å². The molecule has 0 aromatic carbocycles. The van der Waals surface area contributed by atoms with Crippen LogP contribution in [0.25, 0.3) is 0 Å². The van der Waals surface area contributed by atoms with Crippen LogP contribution in [0.1, 0.15) is 46.0 Å². The van der Waals surface area contributed by atoms with Crippen LogP contribution in [0.3, 0.4) is 0 Å². The summed E-state index contributed by atoms with van der Waals surface area (Å²) >= 11 is 0. The van der Waals surface area contributed by atoms with E-state index in [1.807, 2.05) is 0 Å². The standard InChI is InChI=1S/C13H25NO/c1-5-7-8-9-13(14-10-6-2)11-12(3)15-4/h1,12-14H,6-11H2,2-4H3. The number of methoxy groups -OCH3 is 1. The molecular weight excluding hydrogens is 186 g/mol. The van der Waals surface area contributed by atoms with E-state index in [2.05, 4.69) is 25.1 Å². The van der Waals surface area contributed by atoms with Crippen molar-refractivity contribution in [3.05, 3.63) is 0 Å². The van der Waals surface area contributed by atoms with Crippen molar-refractivity contribution in [3.63, 3.8) is 0 Å². The van der Waals surface area contributed by atoms with Gasteiger partial charge in [-0.1, -0.05) is 6.92 Å². The first kappa shape index (κ1) is 14.5. The number of hydrogen-bond acceptors (Lipinski definition) is 2. The first-order valence-electron chi connectivity index (χ1n) is 5.94. The number of nitrogens with one attached hydrogen (secondary N) is 1. The Morgan fingerprint density at radius 2 is 2.20 bits per heavy atom. The van der Waals surface area contributed by atoms with Crippen molar-refractivity contribution in [2.45, 2.75) is 58.1 Å². The van der Waals surface area contributed by atoms with Gasteiger partial charge in [-0.25, -0.2) is 0 Å². The Morgan fingerprint density at radius 3 is 2.73 bits per heavy atom. The maximum absolute atomic E-state index is 5.29. The zero-order valence-electron chi connectivity index (χ0n) is 10.4. The first-order valence-corrected chi connectivity index (χ1v) is 5.94. The van der Waals surface area contributed by atoms with Crippen molar-refractivity contribution >= 4 is 0 Å². The quantitative estimate of drug-likeness (QED) is 0.467. The predicted octanol–water partition coefficient (Wildman–Crippen LogP) is 2.58. The minimum Gasteiger partial charge on any atom is -0.382 e. The highest BCUT2D eigenvalue weighted by Crippen LogP contribution is 2.09. The maximum atomic E-state index is 5.29. The largest absolute Gasteiger partial charge is 0.382 e. The molecule has 0 bridgehead atoms. The monoisotopic (exact) mass is 211 g/mol. The Labute approximate surface area is 94.8 Å². The highest BCUT2D eigenvalue weighted by atomic mass is 16.5. The number of unbranched alkanes of at least 4 members (excludes halogenated alkanes) is 1. The number of rotatable bonds is 9. The summed E-state index contributed by atoms with van der Waals surface area (Å²) < 4.78 is 5.29. The van der Waals surface area contributed by atoms with Gasteiger partial charge in [0.15, 0.2) is 0 Å². The lowest BCUT2D eigenvalue weighted by atomic mass is 10.0. The molecule has 2 nitrogen and oxygen atoms in total. The van der Waals surface area contributed by atoms with Gasteiger partial charge in [0, 0.05) is 19.6 Å². The van der Waals surface area contributed by atoms with Crippen molar-refractivity contribution < 1.29 is 4.74 Å². The van der Waals surface area contributed by atoms with Crippen molar-refractivity contribution in [1.82, 2.24) is 5.32 Å². The second-order valence-electron chi connectivity index (χ2n) is 4.03. The molecule has 0 saturated carbocycles. The summed E-state index contributed by atoms with van der Waals surface area (Å²) in [6.07, 6.45) is 11.0. The van der Waals surface area contributed by atoms with Crippen LogP contribution in [-0.2, 0) is 4.74 Å². The molecule has 0 aliphatic carbocycles. The average Bonchev–Trinajstić information content (AvgIpc) is 2.25. The summed E-state index contributed by atoms with van der Waals surface area (Å²) in [6.45, 7) is 5.38. The van der Waals surface area contributed by atoms with E-state index in [4.69, 9.17) is 11.2 Å². The summed E-state index contributed by atoms with van der Waals surface area (Å²) in [5, 5.41) is 3.54. The van der Waals surface area contributed by atoms with Crippen LogP contribution in [0.4, 0.5) is 0 Å². The number of terminal acetylenes is 1. The van der Waals surface area contributed by atoms with Gasteiger partial charge in [0.25, 0.3) is 0 Å². The van der Waals surface area contributed by atoms with Crippen molar-refractivity contribution in [3.8, 4) is 12.3 Å². The summed E-state index contributed by atoms with van der Waals surface area (Å²) in [5.74, 6) is 2.69. The van der Waals surface area contributed by atoms with E-state index in [1.165, 1.54) is 6.42 Å². The molecule has 0 aliphatic heterocycles. The van der Waals surface area contributed by atoms with E-state index in [0.717, 1.165) is 32.2 Å². The SMILES string of the molecule is C#CCCCC(CC(C)OC)NCCC. The summed E-state index contributed by atoms with van der Waals surface area (Å²) in [6, 6.07) is 0.549. The topological polar surface area (TPSA) is 21.3 Å². The molecule has 2 atom stereocenters. The number of hydrogen-bond donors (Lipinski definition) is 1. The average molecular weight is 211 g/mol. The van der Waals surface area contributed by atoms with Crippen LogP contribution in [0.15, 0.2) is 0 Å². The highest BCUT2D eigenvalue weighted by Gasteiger charge is 2.11. The molecule has 0 amide bonds. The normalized spacial score (nSPS) is 14.5. The lowest BCUT2D eigenvalue weighted by Crippen LogP contribution is -2.33. The van der Waals surface area contributed by atoms with E-state index in [-0.39, 0.29) is 0 Å². The molecule has 0 heterocycles. The van der Waals surface area contributed by atoms with Crippen molar-refractivity contribution in [1.29, 1.82) is 0 Å². The van der Waals surface area contributed by atoms with Gasteiger partial charge in [-0.15, -0.1) is 12.3 Å². The van der Waals surface area contributed by atoms with Crippen LogP contribution < -0.4 is 5.32 Å². The summed E-state index contributed by atoms with van der Waals surface area (Å²) in [7, 11) is 1.77. The fourth-order valence-electron chi connectivity index (χ4n) is 1.60. The molecule has 2 heteroatoms. The second kappa shape index (κ2) is 10.0. The molecule has 2 unspecified atom stereocenters. The van der Waals surface area contributed by atoms with Gasteiger partial charge >= 0.3 is 0 Å². The minimum atomic E-state index is 0.324. The van der Waals surface area contributed by atoms with E-state index < -0.39 is 0 Å². The first-order chi connectivity index (χ1) is 7.24. The maximum Gasteiger partial charge on any atom is 0.0558 e. The Kier molecular flexibility index (Phi) is 9.67. The molecule has 0 radical (unpaired) electrons. The molecule has 0 saturated heterocycles. The van der Waals surface area contributed by atoms with Gasteiger partial charge in [0.1, 0.15) is 0 Å². The molecule has 15 heavy (non-hydrogen) atoms. The molecule has 88 valence electrons. The van der Waals surface area contributed by atoms with Gasteiger partial charge in [-0.05, 0) is 39.2 Å². The Morgan fingerprint density at radius 1 is 1.47 bits per heavy atom. The van der Waals surface area contributed by atoms with E-state index >= 15 is 0 Å². The lowest BCUT2D eigenvalue weighted by molar-refractivity contribution is 0.0991. The summed E-state index contributed by atoms with van der Waals surface area (Å²) in [4.78, 5) is 0. The van der Waals surface area contributed by atoms with Crippen molar-refractivity contribution in [2.24, 2.45) is 0 Å². The molecule has 0 aliphatic rings. The van der Waals surface area contributed by atoms with Crippen LogP contribution in [0.2, 0.25) is 0 Å². The van der Waals surface area contributed by atoms with Crippen LogP contribution >= 0.6 is 0 Å². The van der Waals surface area contributed by atoms with Gasteiger partial charge in [-0.3, -0.25) is 0 Å². The third-order valence-corrected chi connectivity index (χ3v) is 2.58. The minimum absolute atomic E-state index is 0.324. The molecule has 1 N–H and O–H groups in total. The van der Waals surface area contributed by atoms with Gasteiger partial charge in [0.2, 0.25) is 0 Å². The lowest BCUT2D eigenvalue weighted by Gasteiger charge is -2.21. The van der Waals surface area contributed by atoms with Crippen LogP contribution in [-0.4, -0.2) is 25.8 Å². The third kappa shape index (κ3) is 8.47. The van der Waals surface area contributed by atoms with Crippen LogP contribution in [0.5, 0.6) is 0 Å². The Hall–Kier alpha value is -0.520. The predicted molar refractivity (Wildman–Crippen MR) is 65.9 cm³/mol. The molecule has 0 spiro atoms. The Balaban J connectivity index is 3.78. The van der Waals surface area contributed by atoms with Gasteiger partial charge in [0.05, 0.1) is 6.10 Å². The molecule has 0 fully saturated rings. The molecular formula is C13H25NO. The van der Waals surface area contributed by atoms with E-state index in [1.54, 1.807) is 7.11 Å². The molecule has 0 rings (SSSR count). The fraction of sp³-hybridized carbons (Fsp3) is 0.846. The zero-order valence-corrected chi connectivity index (χ0v) is 10.4. The smallest absolute Gasteiger partial charge is 0.0558 e.